The molecule has 1 atom stereocenters. The zero-order valence-corrected chi connectivity index (χ0v) is 12.9. The second kappa shape index (κ2) is 6.33. The van der Waals surface area contributed by atoms with Crippen molar-refractivity contribution in [2.75, 3.05) is 33.3 Å². The first-order valence-electron chi connectivity index (χ1n) is 7.56. The van der Waals surface area contributed by atoms with Crippen LogP contribution < -0.4 is 10.1 Å². The normalized spacial score (nSPS) is 22.6. The van der Waals surface area contributed by atoms with Gasteiger partial charge in [-0.05, 0) is 56.6 Å². The molecule has 0 saturated carbocycles. The molecule has 4 heteroatoms. The summed E-state index contributed by atoms with van der Waals surface area (Å²) in [5.41, 5.74) is 2.46. The lowest BCUT2D eigenvalue weighted by Crippen LogP contribution is -2.37. The summed E-state index contributed by atoms with van der Waals surface area (Å²) in [7, 11) is 2.21. The average molecular weight is 295 g/mol. The molecule has 1 saturated heterocycles. The molecule has 3 rings (SSSR count). The van der Waals surface area contributed by atoms with E-state index in [2.05, 4.69) is 17.3 Å². The third-order valence-corrected chi connectivity index (χ3v) is 4.51. The molecule has 0 bridgehead atoms. The molecule has 110 valence electrons. The van der Waals surface area contributed by atoms with Crippen LogP contribution in [0.5, 0.6) is 5.75 Å². The van der Waals surface area contributed by atoms with Crippen molar-refractivity contribution in [1.82, 2.24) is 10.2 Å². The van der Waals surface area contributed by atoms with Gasteiger partial charge in [0.05, 0.1) is 6.61 Å². The number of nitrogens with one attached hydrogen (secondary N) is 1. The molecule has 0 aromatic heterocycles. The van der Waals surface area contributed by atoms with Gasteiger partial charge < -0.3 is 15.0 Å². The summed E-state index contributed by atoms with van der Waals surface area (Å²) < 4.78 is 5.74. The molecule has 0 amide bonds. The first-order valence-corrected chi connectivity index (χ1v) is 7.93. The molecule has 1 unspecified atom stereocenters. The fourth-order valence-electron chi connectivity index (χ4n) is 3.33. The van der Waals surface area contributed by atoms with Crippen molar-refractivity contribution in [3.63, 3.8) is 0 Å². The fourth-order valence-corrected chi connectivity index (χ4v) is 3.59. The Morgan fingerprint density at radius 3 is 3.20 bits per heavy atom. The van der Waals surface area contributed by atoms with E-state index in [1.165, 1.54) is 37.1 Å². The van der Waals surface area contributed by atoms with Crippen LogP contribution in [0, 0.1) is 5.92 Å². The molecule has 0 radical (unpaired) electrons. The predicted molar refractivity (Wildman–Crippen MR) is 82.6 cm³/mol. The third kappa shape index (κ3) is 3.27. The number of nitrogens with zero attached hydrogens (tertiary/aromatic N) is 1. The molecular formula is C16H23ClN2O. The van der Waals surface area contributed by atoms with Crippen LogP contribution in [0.2, 0.25) is 5.02 Å². The van der Waals surface area contributed by atoms with Gasteiger partial charge in [0, 0.05) is 30.1 Å². The minimum Gasteiger partial charge on any atom is -0.493 e. The maximum atomic E-state index is 6.19. The maximum Gasteiger partial charge on any atom is 0.127 e. The lowest BCUT2D eigenvalue weighted by Gasteiger charge is -2.29. The summed E-state index contributed by atoms with van der Waals surface area (Å²) in [6, 6.07) is 4.06. The number of hydrogen-bond acceptors (Lipinski definition) is 3. The second-order valence-corrected chi connectivity index (χ2v) is 6.49. The Labute approximate surface area is 126 Å². The van der Waals surface area contributed by atoms with Crippen molar-refractivity contribution in [2.45, 2.75) is 25.8 Å². The molecule has 20 heavy (non-hydrogen) atoms. The highest BCUT2D eigenvalue weighted by Crippen LogP contribution is 2.32. The number of fused-ring (bicyclic) bond motifs is 1. The van der Waals surface area contributed by atoms with E-state index in [0.717, 1.165) is 42.8 Å². The van der Waals surface area contributed by atoms with E-state index >= 15 is 0 Å². The van der Waals surface area contributed by atoms with Crippen LogP contribution in [0.25, 0.3) is 0 Å². The quantitative estimate of drug-likeness (QED) is 0.924. The Morgan fingerprint density at radius 2 is 2.35 bits per heavy atom. The number of halogens is 1. The molecule has 0 aliphatic carbocycles. The second-order valence-electron chi connectivity index (χ2n) is 6.05. The fraction of sp³-hybridized carbons (Fsp3) is 0.625. The van der Waals surface area contributed by atoms with Gasteiger partial charge in [0.25, 0.3) is 0 Å². The van der Waals surface area contributed by atoms with Crippen molar-refractivity contribution in [3.8, 4) is 5.75 Å². The number of rotatable bonds is 4. The van der Waals surface area contributed by atoms with Crippen LogP contribution >= 0.6 is 11.6 Å². The van der Waals surface area contributed by atoms with Crippen molar-refractivity contribution >= 4 is 11.6 Å². The number of likely N-dealkylation sites (tertiary alicyclic amines) is 1. The number of ether oxygens (including phenoxy) is 1. The lowest BCUT2D eigenvalue weighted by molar-refractivity contribution is 0.206. The van der Waals surface area contributed by atoms with Crippen LogP contribution in [-0.4, -0.2) is 38.2 Å². The lowest BCUT2D eigenvalue weighted by atomic mass is 9.98. The van der Waals surface area contributed by atoms with E-state index in [4.69, 9.17) is 16.3 Å². The van der Waals surface area contributed by atoms with Crippen molar-refractivity contribution in [2.24, 2.45) is 5.92 Å². The minimum atomic E-state index is 0.766. The van der Waals surface area contributed by atoms with Crippen LogP contribution in [0.1, 0.15) is 24.0 Å². The summed E-state index contributed by atoms with van der Waals surface area (Å²) in [6.45, 7) is 5.16. The van der Waals surface area contributed by atoms with Gasteiger partial charge in [0.15, 0.2) is 0 Å². The van der Waals surface area contributed by atoms with E-state index in [0.29, 0.717) is 0 Å². The van der Waals surface area contributed by atoms with Gasteiger partial charge in [0.1, 0.15) is 5.75 Å². The summed E-state index contributed by atoms with van der Waals surface area (Å²) in [5.74, 6) is 1.82. The SMILES string of the molecule is CN1CCCC(CNCc2cc(Cl)cc3c2OCC3)C1. The molecule has 2 aliphatic heterocycles. The molecule has 1 aromatic rings. The summed E-state index contributed by atoms with van der Waals surface area (Å²) in [6.07, 6.45) is 3.64. The molecule has 1 fully saturated rings. The van der Waals surface area contributed by atoms with Crippen molar-refractivity contribution in [1.29, 1.82) is 0 Å². The molecule has 0 spiro atoms. The van der Waals surface area contributed by atoms with Gasteiger partial charge >= 0.3 is 0 Å². The van der Waals surface area contributed by atoms with Gasteiger partial charge in [-0.3, -0.25) is 0 Å². The number of hydrogen-bond donors (Lipinski definition) is 1. The highest BCUT2D eigenvalue weighted by atomic mass is 35.5. The Balaban J connectivity index is 1.56. The van der Waals surface area contributed by atoms with Crippen LogP contribution in [-0.2, 0) is 13.0 Å². The highest BCUT2D eigenvalue weighted by Gasteiger charge is 2.19. The predicted octanol–water partition coefficient (Wildman–Crippen LogP) is 2.71. The third-order valence-electron chi connectivity index (χ3n) is 4.30. The topological polar surface area (TPSA) is 24.5 Å². The van der Waals surface area contributed by atoms with Gasteiger partial charge in [-0.25, -0.2) is 0 Å². The van der Waals surface area contributed by atoms with Crippen LogP contribution in [0.4, 0.5) is 0 Å². The Hall–Kier alpha value is -0.770. The average Bonchev–Trinajstić information content (AvgIpc) is 2.87. The first-order chi connectivity index (χ1) is 9.72. The molecule has 2 heterocycles. The van der Waals surface area contributed by atoms with E-state index in [9.17, 15) is 0 Å². The highest BCUT2D eigenvalue weighted by molar-refractivity contribution is 6.30. The molecule has 1 aromatic carbocycles. The standard InChI is InChI=1S/C16H23ClN2O/c1-19-5-2-3-12(11-19)9-18-10-14-8-15(17)7-13-4-6-20-16(13)14/h7-8,12,18H,2-6,9-11H2,1H3. The molecule has 1 N–H and O–H groups in total. The summed E-state index contributed by atoms with van der Waals surface area (Å²) >= 11 is 6.19. The summed E-state index contributed by atoms with van der Waals surface area (Å²) in [4.78, 5) is 2.43. The molecular weight excluding hydrogens is 272 g/mol. The van der Waals surface area contributed by atoms with Gasteiger partial charge in [-0.1, -0.05) is 11.6 Å². The van der Waals surface area contributed by atoms with Gasteiger partial charge in [0.2, 0.25) is 0 Å². The maximum absolute atomic E-state index is 6.19. The van der Waals surface area contributed by atoms with E-state index in [1.54, 1.807) is 0 Å². The van der Waals surface area contributed by atoms with Gasteiger partial charge in [-0.2, -0.15) is 0 Å². The van der Waals surface area contributed by atoms with E-state index in [-0.39, 0.29) is 0 Å². The van der Waals surface area contributed by atoms with Crippen molar-refractivity contribution < 1.29 is 4.74 Å². The van der Waals surface area contributed by atoms with E-state index in [1.807, 2.05) is 12.1 Å². The van der Waals surface area contributed by atoms with Crippen LogP contribution in [0.3, 0.4) is 0 Å². The smallest absolute Gasteiger partial charge is 0.127 e. The minimum absolute atomic E-state index is 0.766. The van der Waals surface area contributed by atoms with Gasteiger partial charge in [-0.15, -0.1) is 0 Å². The van der Waals surface area contributed by atoms with Crippen LogP contribution in [0.15, 0.2) is 12.1 Å². The van der Waals surface area contributed by atoms with E-state index < -0.39 is 0 Å². The Kier molecular flexibility index (Phi) is 4.49. The molecule has 2 aliphatic rings. The zero-order chi connectivity index (χ0) is 13.9. The monoisotopic (exact) mass is 294 g/mol. The first kappa shape index (κ1) is 14.2. The summed E-state index contributed by atoms with van der Waals surface area (Å²) in [5, 5.41) is 4.41. The zero-order valence-electron chi connectivity index (χ0n) is 12.1. The number of benzene rings is 1. The Bertz CT molecular complexity index is 478. The largest absolute Gasteiger partial charge is 0.493 e. The molecule has 3 nitrogen and oxygen atoms in total. The van der Waals surface area contributed by atoms with Crippen molar-refractivity contribution in [3.05, 3.63) is 28.3 Å². The Morgan fingerprint density at radius 1 is 1.45 bits per heavy atom. The number of piperidine rings is 1.